The van der Waals surface area contributed by atoms with Crippen LogP contribution >= 0.6 is 0 Å². The highest BCUT2D eigenvalue weighted by Gasteiger charge is 2.26. The van der Waals surface area contributed by atoms with Crippen LogP contribution in [0.15, 0.2) is 0 Å². The van der Waals surface area contributed by atoms with Gasteiger partial charge < -0.3 is 4.74 Å². The van der Waals surface area contributed by atoms with Gasteiger partial charge in [0, 0.05) is 0 Å². The lowest BCUT2D eigenvalue weighted by molar-refractivity contribution is -0.159. The van der Waals surface area contributed by atoms with Crippen molar-refractivity contribution in [1.82, 2.24) is 0 Å². The number of ether oxygens (including phenoxy) is 1. The molecule has 0 aromatic rings. The van der Waals surface area contributed by atoms with Crippen molar-refractivity contribution in [2.24, 2.45) is 5.92 Å². The van der Waals surface area contributed by atoms with E-state index in [9.17, 15) is 4.79 Å². The molecule has 0 spiro atoms. The predicted octanol–water partition coefficient (Wildman–Crippen LogP) is 2.13. The van der Waals surface area contributed by atoms with Crippen molar-refractivity contribution < 1.29 is 9.53 Å². The molecule has 1 aliphatic heterocycles. The van der Waals surface area contributed by atoms with Gasteiger partial charge in [-0.3, -0.25) is 4.79 Å². The minimum Gasteiger partial charge on any atom is -0.462 e. The van der Waals surface area contributed by atoms with Crippen LogP contribution in [0.4, 0.5) is 0 Å². The number of hydrogen-bond donors (Lipinski definition) is 0. The molecule has 2 atom stereocenters. The van der Waals surface area contributed by atoms with E-state index in [0.29, 0.717) is 0 Å². The molecule has 64 valence electrons. The van der Waals surface area contributed by atoms with Crippen LogP contribution in [0, 0.1) is 5.92 Å². The van der Waals surface area contributed by atoms with Crippen LogP contribution in [-0.2, 0) is 9.53 Å². The van der Waals surface area contributed by atoms with Crippen LogP contribution < -0.4 is 0 Å². The molecule has 1 saturated heterocycles. The van der Waals surface area contributed by atoms with E-state index in [4.69, 9.17) is 4.74 Å². The van der Waals surface area contributed by atoms with Gasteiger partial charge in [-0.15, -0.1) is 0 Å². The van der Waals surface area contributed by atoms with Gasteiger partial charge in [-0.2, -0.15) is 0 Å². The van der Waals surface area contributed by atoms with E-state index < -0.39 is 0 Å². The highest BCUT2D eigenvalue weighted by molar-refractivity contribution is 5.73. The smallest absolute Gasteiger partial charge is 0.309 e. The third-order valence-electron chi connectivity index (χ3n) is 2.21. The predicted molar refractivity (Wildman–Crippen MR) is 43.2 cm³/mol. The molecule has 0 saturated carbocycles. The van der Waals surface area contributed by atoms with Crippen molar-refractivity contribution in [3.63, 3.8) is 0 Å². The third-order valence-corrected chi connectivity index (χ3v) is 2.21. The van der Waals surface area contributed by atoms with Gasteiger partial charge in [0.2, 0.25) is 0 Å². The maximum Gasteiger partial charge on any atom is 0.309 e. The Labute approximate surface area is 67.9 Å². The highest BCUT2D eigenvalue weighted by Crippen LogP contribution is 2.23. The average molecular weight is 156 g/mol. The van der Waals surface area contributed by atoms with Crippen LogP contribution in [0.3, 0.4) is 0 Å². The molecule has 2 unspecified atom stereocenters. The van der Waals surface area contributed by atoms with E-state index in [2.05, 4.69) is 6.92 Å². The molecule has 1 heterocycles. The van der Waals surface area contributed by atoms with Gasteiger partial charge in [-0.25, -0.2) is 0 Å². The molecule has 0 aliphatic carbocycles. The molecular weight excluding hydrogens is 140 g/mol. The summed E-state index contributed by atoms with van der Waals surface area (Å²) in [6.07, 6.45) is 4.28. The molecule has 0 aromatic carbocycles. The van der Waals surface area contributed by atoms with Crippen LogP contribution in [0.25, 0.3) is 0 Å². The lowest BCUT2D eigenvalue weighted by Crippen LogP contribution is -2.29. The van der Waals surface area contributed by atoms with Gasteiger partial charge in [0.05, 0.1) is 12.0 Å². The highest BCUT2D eigenvalue weighted by atomic mass is 16.5. The van der Waals surface area contributed by atoms with E-state index in [1.807, 2.05) is 6.92 Å². The number of carbonyl (C=O) groups is 1. The number of hydrogen-bond acceptors (Lipinski definition) is 2. The molecular formula is C9H16O2. The number of cyclic esters (lactones) is 1. The summed E-state index contributed by atoms with van der Waals surface area (Å²) in [7, 11) is 0. The van der Waals surface area contributed by atoms with Crippen LogP contribution in [0.5, 0.6) is 0 Å². The molecule has 2 nitrogen and oxygen atoms in total. The Hall–Kier alpha value is -0.530. The Morgan fingerprint density at radius 3 is 2.82 bits per heavy atom. The van der Waals surface area contributed by atoms with Gasteiger partial charge >= 0.3 is 5.97 Å². The Balaban J connectivity index is 2.38. The second kappa shape index (κ2) is 3.74. The van der Waals surface area contributed by atoms with E-state index >= 15 is 0 Å². The van der Waals surface area contributed by atoms with Crippen molar-refractivity contribution >= 4 is 5.97 Å². The fourth-order valence-corrected chi connectivity index (χ4v) is 1.52. The largest absolute Gasteiger partial charge is 0.462 e. The molecule has 0 amide bonds. The molecule has 0 aromatic heterocycles. The zero-order valence-corrected chi connectivity index (χ0v) is 7.30. The summed E-state index contributed by atoms with van der Waals surface area (Å²) >= 11 is 0. The summed E-state index contributed by atoms with van der Waals surface area (Å²) in [5, 5.41) is 0. The monoisotopic (exact) mass is 156 g/mol. The summed E-state index contributed by atoms with van der Waals surface area (Å²) in [5.41, 5.74) is 0. The Kier molecular flexibility index (Phi) is 2.92. The Morgan fingerprint density at radius 2 is 2.27 bits per heavy atom. The number of rotatable bonds is 2. The SMILES string of the molecule is CCCC1CCC(C)OC1=O. The first-order chi connectivity index (χ1) is 5.24. The maximum absolute atomic E-state index is 11.2. The zero-order valence-electron chi connectivity index (χ0n) is 7.30. The van der Waals surface area contributed by atoms with Gasteiger partial charge in [0.1, 0.15) is 0 Å². The molecule has 0 N–H and O–H groups in total. The topological polar surface area (TPSA) is 26.3 Å². The summed E-state index contributed by atoms with van der Waals surface area (Å²) in [5.74, 6) is 0.210. The first-order valence-corrected chi connectivity index (χ1v) is 4.44. The summed E-state index contributed by atoms with van der Waals surface area (Å²) in [6.45, 7) is 4.06. The first-order valence-electron chi connectivity index (χ1n) is 4.44. The van der Waals surface area contributed by atoms with Crippen LogP contribution in [-0.4, -0.2) is 12.1 Å². The van der Waals surface area contributed by atoms with E-state index in [0.717, 1.165) is 25.7 Å². The van der Waals surface area contributed by atoms with Crippen molar-refractivity contribution in [2.45, 2.75) is 45.6 Å². The van der Waals surface area contributed by atoms with E-state index in [-0.39, 0.29) is 18.0 Å². The molecule has 1 aliphatic rings. The quantitative estimate of drug-likeness (QED) is 0.572. The Bertz CT molecular complexity index is 142. The fourth-order valence-electron chi connectivity index (χ4n) is 1.52. The fraction of sp³-hybridized carbons (Fsp3) is 0.889. The normalized spacial score (nSPS) is 31.6. The second-order valence-corrected chi connectivity index (χ2v) is 3.31. The standard InChI is InChI=1S/C9H16O2/c1-3-4-8-6-5-7(2)11-9(8)10/h7-8H,3-6H2,1-2H3. The summed E-state index contributed by atoms with van der Waals surface area (Å²) < 4.78 is 5.11. The van der Waals surface area contributed by atoms with Crippen LogP contribution in [0.2, 0.25) is 0 Å². The maximum atomic E-state index is 11.2. The van der Waals surface area contributed by atoms with Gasteiger partial charge in [0.25, 0.3) is 0 Å². The third kappa shape index (κ3) is 2.21. The molecule has 11 heavy (non-hydrogen) atoms. The average Bonchev–Trinajstić information content (AvgIpc) is 1.95. The van der Waals surface area contributed by atoms with Crippen molar-refractivity contribution in [3.05, 3.63) is 0 Å². The zero-order chi connectivity index (χ0) is 8.27. The van der Waals surface area contributed by atoms with Gasteiger partial charge in [0.15, 0.2) is 0 Å². The van der Waals surface area contributed by atoms with E-state index in [1.165, 1.54) is 0 Å². The molecule has 1 rings (SSSR count). The molecule has 0 bridgehead atoms. The minimum atomic E-state index is 0.0191. The Morgan fingerprint density at radius 1 is 1.55 bits per heavy atom. The van der Waals surface area contributed by atoms with E-state index in [1.54, 1.807) is 0 Å². The molecule has 1 fully saturated rings. The first kappa shape index (κ1) is 8.57. The second-order valence-electron chi connectivity index (χ2n) is 3.31. The van der Waals surface area contributed by atoms with Crippen molar-refractivity contribution in [1.29, 1.82) is 0 Å². The molecule has 2 heteroatoms. The number of esters is 1. The lowest BCUT2D eigenvalue weighted by Gasteiger charge is -2.25. The minimum absolute atomic E-state index is 0.0191. The van der Waals surface area contributed by atoms with Crippen molar-refractivity contribution in [3.8, 4) is 0 Å². The summed E-state index contributed by atoms with van der Waals surface area (Å²) in [4.78, 5) is 11.2. The van der Waals surface area contributed by atoms with Gasteiger partial charge in [-0.1, -0.05) is 13.3 Å². The van der Waals surface area contributed by atoms with Gasteiger partial charge in [-0.05, 0) is 26.2 Å². The molecule has 0 radical (unpaired) electrons. The van der Waals surface area contributed by atoms with Crippen molar-refractivity contribution in [2.75, 3.05) is 0 Å². The summed E-state index contributed by atoms with van der Waals surface area (Å²) in [6, 6.07) is 0. The lowest BCUT2D eigenvalue weighted by atomic mass is 9.94. The number of carbonyl (C=O) groups excluding carboxylic acids is 1. The van der Waals surface area contributed by atoms with Crippen LogP contribution in [0.1, 0.15) is 39.5 Å².